The Hall–Kier alpha value is -2.97. The van der Waals surface area contributed by atoms with Crippen LogP contribution in [0.1, 0.15) is 27.6 Å². The lowest BCUT2D eigenvalue weighted by Gasteiger charge is -2.16. The first-order valence-electron chi connectivity index (χ1n) is 9.16. The second-order valence-corrected chi connectivity index (χ2v) is 6.63. The summed E-state index contributed by atoms with van der Waals surface area (Å²) >= 11 is 5.24. The summed E-state index contributed by atoms with van der Waals surface area (Å²) in [4.78, 5) is 26.3. The average molecular weight is 416 g/mol. The molecule has 0 heterocycles. The number of carbonyl (C=O) groups is 2. The number of para-hydroxylation sites is 1. The molecule has 7 nitrogen and oxygen atoms in total. The van der Waals surface area contributed by atoms with E-state index >= 15 is 0 Å². The minimum atomic E-state index is -0.380. The van der Waals surface area contributed by atoms with E-state index in [0.717, 1.165) is 0 Å². The van der Waals surface area contributed by atoms with E-state index in [1.807, 2.05) is 6.92 Å². The molecule has 0 aromatic heterocycles. The number of amides is 2. The molecule has 0 radical (unpaired) electrons. The van der Waals surface area contributed by atoms with Gasteiger partial charge in [-0.1, -0.05) is 18.2 Å². The van der Waals surface area contributed by atoms with Gasteiger partial charge in [-0.05, 0) is 49.5 Å². The monoisotopic (exact) mass is 415 g/mol. The van der Waals surface area contributed by atoms with Crippen LogP contribution in [0.15, 0.2) is 48.5 Å². The van der Waals surface area contributed by atoms with Crippen LogP contribution in [0.4, 0.5) is 5.69 Å². The van der Waals surface area contributed by atoms with Crippen molar-refractivity contribution in [2.75, 3.05) is 39.2 Å². The standard InChI is InChI=1S/C21H25N3O4S/c1-4-27-12-13-28-16-9-7-8-15(14-16)19(25)23-21(29)22-18-11-6-5-10-17(18)20(26)24(2)3/h5-11,14H,4,12-13H2,1-3H3,(H2,22,23,25,29). The van der Waals surface area contributed by atoms with Gasteiger partial charge in [0.05, 0.1) is 17.9 Å². The van der Waals surface area contributed by atoms with Gasteiger partial charge in [0.2, 0.25) is 0 Å². The smallest absolute Gasteiger partial charge is 0.257 e. The molecule has 0 saturated heterocycles. The maximum Gasteiger partial charge on any atom is 0.257 e. The van der Waals surface area contributed by atoms with Crippen LogP contribution in [0.5, 0.6) is 5.75 Å². The Labute approximate surface area is 176 Å². The molecule has 0 saturated carbocycles. The van der Waals surface area contributed by atoms with Crippen molar-refractivity contribution in [3.05, 3.63) is 59.7 Å². The fraction of sp³-hybridized carbons (Fsp3) is 0.286. The highest BCUT2D eigenvalue weighted by Gasteiger charge is 2.15. The summed E-state index contributed by atoms with van der Waals surface area (Å²) in [6.07, 6.45) is 0. The molecule has 2 amide bonds. The van der Waals surface area contributed by atoms with E-state index in [-0.39, 0.29) is 16.9 Å². The summed E-state index contributed by atoms with van der Waals surface area (Å²) in [5, 5.41) is 5.63. The first kappa shape index (κ1) is 22.3. The van der Waals surface area contributed by atoms with Crippen LogP contribution in [0.2, 0.25) is 0 Å². The molecule has 8 heteroatoms. The molecule has 29 heavy (non-hydrogen) atoms. The van der Waals surface area contributed by atoms with Gasteiger partial charge in [0, 0.05) is 26.3 Å². The largest absolute Gasteiger partial charge is 0.491 e. The number of benzene rings is 2. The van der Waals surface area contributed by atoms with Crippen molar-refractivity contribution in [3.63, 3.8) is 0 Å². The van der Waals surface area contributed by atoms with Crippen LogP contribution in [-0.2, 0) is 4.74 Å². The first-order valence-corrected chi connectivity index (χ1v) is 9.56. The van der Waals surface area contributed by atoms with Crippen LogP contribution >= 0.6 is 12.2 Å². The zero-order valence-corrected chi connectivity index (χ0v) is 17.5. The van der Waals surface area contributed by atoms with E-state index in [2.05, 4.69) is 10.6 Å². The zero-order valence-electron chi connectivity index (χ0n) is 16.7. The lowest BCUT2D eigenvalue weighted by Crippen LogP contribution is -2.35. The number of ether oxygens (including phenoxy) is 2. The number of nitrogens with zero attached hydrogens (tertiary/aromatic N) is 1. The topological polar surface area (TPSA) is 79.9 Å². The van der Waals surface area contributed by atoms with Gasteiger partial charge in [-0.2, -0.15) is 0 Å². The molecule has 0 fully saturated rings. The zero-order chi connectivity index (χ0) is 21.2. The molecule has 0 aliphatic heterocycles. The van der Waals surface area contributed by atoms with E-state index < -0.39 is 0 Å². The molecule has 0 unspecified atom stereocenters. The van der Waals surface area contributed by atoms with Crippen molar-refractivity contribution < 1.29 is 19.1 Å². The molecule has 2 N–H and O–H groups in total. The van der Waals surface area contributed by atoms with Crippen molar-refractivity contribution in [2.45, 2.75) is 6.92 Å². The third-order valence-electron chi connectivity index (χ3n) is 3.84. The number of nitrogens with one attached hydrogen (secondary N) is 2. The molecule has 0 bridgehead atoms. The summed E-state index contributed by atoms with van der Waals surface area (Å²) < 4.78 is 10.8. The Kier molecular flexibility index (Phi) is 8.57. The third-order valence-corrected chi connectivity index (χ3v) is 4.04. The van der Waals surface area contributed by atoms with Gasteiger partial charge >= 0.3 is 0 Å². The van der Waals surface area contributed by atoms with Crippen molar-refractivity contribution in [1.29, 1.82) is 0 Å². The SMILES string of the molecule is CCOCCOc1cccc(C(=O)NC(=S)Nc2ccccc2C(=O)N(C)C)c1. The van der Waals surface area contributed by atoms with Gasteiger partial charge in [0.25, 0.3) is 11.8 Å². The fourth-order valence-electron chi connectivity index (χ4n) is 2.44. The maximum atomic E-state index is 12.5. The van der Waals surface area contributed by atoms with Crippen LogP contribution in [0.25, 0.3) is 0 Å². The Morgan fingerprint density at radius 1 is 1.07 bits per heavy atom. The molecule has 0 spiro atoms. The number of thiocarbonyl (C=S) groups is 1. The van der Waals surface area contributed by atoms with Gasteiger partial charge in [-0.3, -0.25) is 14.9 Å². The average Bonchev–Trinajstić information content (AvgIpc) is 2.71. The summed E-state index contributed by atoms with van der Waals surface area (Å²) in [5.41, 5.74) is 1.38. The van der Waals surface area contributed by atoms with E-state index in [1.54, 1.807) is 62.6 Å². The summed E-state index contributed by atoms with van der Waals surface area (Å²) in [6.45, 7) is 3.41. The Balaban J connectivity index is 2.00. The van der Waals surface area contributed by atoms with Crippen LogP contribution in [0.3, 0.4) is 0 Å². The molecule has 2 rings (SSSR count). The Morgan fingerprint density at radius 2 is 1.83 bits per heavy atom. The fourth-order valence-corrected chi connectivity index (χ4v) is 2.64. The first-order chi connectivity index (χ1) is 13.9. The molecule has 0 atom stereocenters. The lowest BCUT2D eigenvalue weighted by atomic mass is 10.1. The minimum absolute atomic E-state index is 0.0941. The molecule has 2 aromatic carbocycles. The van der Waals surface area contributed by atoms with Gasteiger partial charge in [0.1, 0.15) is 12.4 Å². The molecular formula is C21H25N3O4S. The predicted molar refractivity (Wildman–Crippen MR) is 117 cm³/mol. The molecule has 2 aromatic rings. The Bertz CT molecular complexity index is 871. The van der Waals surface area contributed by atoms with Crippen molar-refractivity contribution in [2.24, 2.45) is 0 Å². The Morgan fingerprint density at radius 3 is 2.55 bits per heavy atom. The summed E-state index contributed by atoms with van der Waals surface area (Å²) in [6, 6.07) is 13.8. The number of rotatable bonds is 8. The molecule has 154 valence electrons. The number of hydrogen-bond donors (Lipinski definition) is 2. The van der Waals surface area contributed by atoms with Crippen molar-refractivity contribution >= 4 is 34.8 Å². The van der Waals surface area contributed by atoms with Crippen LogP contribution in [-0.4, -0.2) is 55.7 Å². The number of carbonyl (C=O) groups excluding carboxylic acids is 2. The highest BCUT2D eigenvalue weighted by atomic mass is 32.1. The van der Waals surface area contributed by atoms with Crippen molar-refractivity contribution in [3.8, 4) is 5.75 Å². The molecule has 0 aliphatic carbocycles. The highest BCUT2D eigenvalue weighted by Crippen LogP contribution is 2.17. The predicted octanol–water partition coefficient (Wildman–Crippen LogP) is 2.93. The van der Waals surface area contributed by atoms with Gasteiger partial charge in [0.15, 0.2) is 5.11 Å². The van der Waals surface area contributed by atoms with Gasteiger partial charge < -0.3 is 19.7 Å². The van der Waals surface area contributed by atoms with Crippen molar-refractivity contribution in [1.82, 2.24) is 10.2 Å². The second-order valence-electron chi connectivity index (χ2n) is 6.23. The summed E-state index contributed by atoms with van der Waals surface area (Å²) in [7, 11) is 3.34. The maximum absolute atomic E-state index is 12.5. The summed E-state index contributed by atoms with van der Waals surface area (Å²) in [5.74, 6) is 0.0199. The van der Waals surface area contributed by atoms with E-state index in [0.29, 0.717) is 42.4 Å². The minimum Gasteiger partial charge on any atom is -0.491 e. The normalized spacial score (nSPS) is 10.2. The number of hydrogen-bond acceptors (Lipinski definition) is 5. The van der Waals surface area contributed by atoms with E-state index in [9.17, 15) is 9.59 Å². The van der Waals surface area contributed by atoms with Crippen LogP contribution < -0.4 is 15.4 Å². The second kappa shape index (κ2) is 11.1. The lowest BCUT2D eigenvalue weighted by molar-refractivity contribution is 0.0828. The number of anilines is 1. The van der Waals surface area contributed by atoms with E-state index in [1.165, 1.54) is 4.90 Å². The quantitative estimate of drug-likeness (QED) is 0.510. The molecule has 0 aliphatic rings. The van der Waals surface area contributed by atoms with E-state index in [4.69, 9.17) is 21.7 Å². The van der Waals surface area contributed by atoms with Crippen LogP contribution in [0, 0.1) is 0 Å². The van der Waals surface area contributed by atoms with Gasteiger partial charge in [-0.25, -0.2) is 0 Å². The third kappa shape index (κ3) is 6.85. The molecular weight excluding hydrogens is 390 g/mol. The van der Waals surface area contributed by atoms with Gasteiger partial charge in [-0.15, -0.1) is 0 Å². The highest BCUT2D eigenvalue weighted by molar-refractivity contribution is 7.80.